The summed E-state index contributed by atoms with van der Waals surface area (Å²) in [6.45, 7) is 2.54. The lowest BCUT2D eigenvalue weighted by Gasteiger charge is -2.06. The molecule has 0 atom stereocenters. The second-order valence-corrected chi connectivity index (χ2v) is 5.50. The molecule has 0 aliphatic rings. The van der Waals surface area contributed by atoms with Crippen molar-refractivity contribution in [2.75, 3.05) is 18.6 Å². The van der Waals surface area contributed by atoms with Crippen molar-refractivity contribution in [3.8, 4) is 0 Å². The number of unbranched alkanes of at least 4 members (excludes halogenated alkanes) is 2. The van der Waals surface area contributed by atoms with Crippen LogP contribution in [0.3, 0.4) is 0 Å². The molecule has 0 saturated carbocycles. The average Bonchev–Trinajstić information content (AvgIpc) is 2.32. The van der Waals surface area contributed by atoms with E-state index in [1.165, 1.54) is 12.2 Å². The monoisotopic (exact) mass is 286 g/mol. The molecule has 5 heteroatoms. The summed E-state index contributed by atoms with van der Waals surface area (Å²) in [6.07, 6.45) is 5.48. The minimum absolute atomic E-state index is 0.0766. The molecular weight excluding hydrogens is 268 g/mol. The lowest BCUT2D eigenvalue weighted by molar-refractivity contribution is 0.0953. The molecule has 1 rings (SSSR count). The van der Waals surface area contributed by atoms with Crippen LogP contribution < -0.4 is 5.32 Å². The molecule has 18 heavy (non-hydrogen) atoms. The second kappa shape index (κ2) is 8.38. The Balaban J connectivity index is 2.32. The van der Waals surface area contributed by atoms with Gasteiger partial charge in [-0.2, -0.15) is 11.8 Å². The van der Waals surface area contributed by atoms with Crippen molar-refractivity contribution in [1.29, 1.82) is 0 Å². The lowest BCUT2D eigenvalue weighted by atomic mass is 10.2. The summed E-state index contributed by atoms with van der Waals surface area (Å²) in [5.41, 5.74) is 1.34. The standard InChI is InChI=1S/C13H19ClN2OS/c1-10-8-11(9-12(14)16-10)13(17)15-6-4-3-5-7-18-2/h8-9H,3-7H2,1-2H3,(H,15,17). The molecule has 0 bridgehead atoms. The van der Waals surface area contributed by atoms with Gasteiger partial charge in [0.25, 0.3) is 5.91 Å². The maximum absolute atomic E-state index is 11.8. The predicted octanol–water partition coefficient (Wildman–Crippen LogP) is 3.31. The van der Waals surface area contributed by atoms with Gasteiger partial charge in [-0.15, -0.1) is 0 Å². The number of halogens is 1. The van der Waals surface area contributed by atoms with E-state index in [4.69, 9.17) is 11.6 Å². The van der Waals surface area contributed by atoms with Gasteiger partial charge in [0.15, 0.2) is 0 Å². The van der Waals surface area contributed by atoms with E-state index in [2.05, 4.69) is 16.6 Å². The Kier molecular flexibility index (Phi) is 7.13. The molecule has 100 valence electrons. The van der Waals surface area contributed by atoms with E-state index in [-0.39, 0.29) is 5.91 Å². The number of rotatable bonds is 7. The van der Waals surface area contributed by atoms with Crippen molar-refractivity contribution in [3.05, 3.63) is 28.5 Å². The van der Waals surface area contributed by atoms with E-state index in [9.17, 15) is 4.79 Å². The Labute approximate surface area is 118 Å². The van der Waals surface area contributed by atoms with Gasteiger partial charge in [0, 0.05) is 17.8 Å². The fourth-order valence-corrected chi connectivity index (χ4v) is 2.35. The molecule has 0 fully saturated rings. The van der Waals surface area contributed by atoms with Gasteiger partial charge in [0.1, 0.15) is 5.15 Å². The van der Waals surface area contributed by atoms with Crippen molar-refractivity contribution < 1.29 is 4.79 Å². The third-order valence-electron chi connectivity index (χ3n) is 2.50. The van der Waals surface area contributed by atoms with Crippen molar-refractivity contribution in [1.82, 2.24) is 10.3 Å². The Morgan fingerprint density at radius 1 is 1.39 bits per heavy atom. The average molecular weight is 287 g/mol. The first-order valence-corrected chi connectivity index (χ1v) is 7.82. The number of hydrogen-bond acceptors (Lipinski definition) is 3. The molecule has 0 unspecified atom stereocenters. The maximum atomic E-state index is 11.8. The Morgan fingerprint density at radius 3 is 2.83 bits per heavy atom. The number of carbonyl (C=O) groups excluding carboxylic acids is 1. The van der Waals surface area contributed by atoms with Gasteiger partial charge in [0.2, 0.25) is 0 Å². The number of carbonyl (C=O) groups is 1. The molecule has 1 aromatic heterocycles. The van der Waals surface area contributed by atoms with E-state index in [1.54, 1.807) is 12.1 Å². The van der Waals surface area contributed by atoms with Crippen LogP contribution in [0.2, 0.25) is 5.15 Å². The number of amides is 1. The number of thioether (sulfide) groups is 1. The summed E-state index contributed by atoms with van der Waals surface area (Å²) in [4.78, 5) is 15.9. The Bertz CT molecular complexity index is 378. The minimum atomic E-state index is -0.0766. The van der Waals surface area contributed by atoms with Crippen LogP contribution in [-0.4, -0.2) is 29.4 Å². The molecule has 0 spiro atoms. The normalized spacial score (nSPS) is 10.4. The van der Waals surface area contributed by atoms with Gasteiger partial charge in [-0.05, 0) is 43.9 Å². The van der Waals surface area contributed by atoms with Crippen molar-refractivity contribution >= 4 is 29.3 Å². The first-order chi connectivity index (χ1) is 8.63. The van der Waals surface area contributed by atoms with Crippen LogP contribution in [0.1, 0.15) is 35.3 Å². The van der Waals surface area contributed by atoms with Gasteiger partial charge in [-0.1, -0.05) is 18.0 Å². The van der Waals surface area contributed by atoms with E-state index < -0.39 is 0 Å². The van der Waals surface area contributed by atoms with Crippen LogP contribution in [-0.2, 0) is 0 Å². The highest BCUT2D eigenvalue weighted by atomic mass is 35.5. The molecule has 1 aromatic rings. The highest BCUT2D eigenvalue weighted by Crippen LogP contribution is 2.10. The quantitative estimate of drug-likeness (QED) is 0.618. The molecule has 0 radical (unpaired) electrons. The molecule has 0 saturated heterocycles. The van der Waals surface area contributed by atoms with Crippen LogP contribution in [0.5, 0.6) is 0 Å². The fourth-order valence-electron chi connectivity index (χ4n) is 1.61. The summed E-state index contributed by atoms with van der Waals surface area (Å²) >= 11 is 7.68. The van der Waals surface area contributed by atoms with Crippen LogP contribution >= 0.6 is 23.4 Å². The molecule has 0 aliphatic heterocycles. The zero-order valence-electron chi connectivity index (χ0n) is 10.8. The Hall–Kier alpha value is -0.740. The molecule has 0 aliphatic carbocycles. The van der Waals surface area contributed by atoms with E-state index in [1.807, 2.05) is 18.7 Å². The fraction of sp³-hybridized carbons (Fsp3) is 0.538. The van der Waals surface area contributed by atoms with Gasteiger partial charge in [0.05, 0.1) is 0 Å². The number of aryl methyl sites for hydroxylation is 1. The largest absolute Gasteiger partial charge is 0.352 e. The summed E-state index contributed by atoms with van der Waals surface area (Å²) in [5, 5.41) is 3.26. The first kappa shape index (κ1) is 15.3. The van der Waals surface area contributed by atoms with Crippen molar-refractivity contribution in [2.45, 2.75) is 26.2 Å². The number of pyridine rings is 1. The highest BCUT2D eigenvalue weighted by Gasteiger charge is 2.06. The van der Waals surface area contributed by atoms with Crippen molar-refractivity contribution in [3.63, 3.8) is 0 Å². The zero-order valence-corrected chi connectivity index (χ0v) is 12.4. The molecule has 1 heterocycles. The maximum Gasteiger partial charge on any atom is 0.251 e. The summed E-state index contributed by atoms with van der Waals surface area (Å²) in [5.74, 6) is 1.11. The number of nitrogens with zero attached hydrogens (tertiary/aromatic N) is 1. The number of aromatic nitrogens is 1. The third-order valence-corrected chi connectivity index (χ3v) is 3.39. The molecule has 0 aromatic carbocycles. The topological polar surface area (TPSA) is 42.0 Å². The first-order valence-electron chi connectivity index (χ1n) is 6.05. The van der Waals surface area contributed by atoms with Gasteiger partial charge < -0.3 is 5.32 Å². The van der Waals surface area contributed by atoms with E-state index in [0.717, 1.165) is 18.5 Å². The summed E-state index contributed by atoms with van der Waals surface area (Å²) < 4.78 is 0. The zero-order chi connectivity index (χ0) is 13.4. The minimum Gasteiger partial charge on any atom is -0.352 e. The summed E-state index contributed by atoms with van der Waals surface area (Å²) in [6, 6.07) is 3.34. The molecule has 1 N–H and O–H groups in total. The number of nitrogens with one attached hydrogen (secondary N) is 1. The van der Waals surface area contributed by atoms with Gasteiger partial charge >= 0.3 is 0 Å². The highest BCUT2D eigenvalue weighted by molar-refractivity contribution is 7.98. The van der Waals surface area contributed by atoms with Crippen LogP contribution in [0, 0.1) is 6.92 Å². The van der Waals surface area contributed by atoms with E-state index in [0.29, 0.717) is 17.3 Å². The second-order valence-electron chi connectivity index (χ2n) is 4.13. The molecular formula is C13H19ClN2OS. The number of hydrogen-bond donors (Lipinski definition) is 1. The summed E-state index contributed by atoms with van der Waals surface area (Å²) in [7, 11) is 0. The van der Waals surface area contributed by atoms with Crippen LogP contribution in [0.15, 0.2) is 12.1 Å². The third kappa shape index (κ3) is 5.74. The lowest BCUT2D eigenvalue weighted by Crippen LogP contribution is -2.24. The van der Waals surface area contributed by atoms with Crippen LogP contribution in [0.25, 0.3) is 0 Å². The van der Waals surface area contributed by atoms with Crippen LogP contribution in [0.4, 0.5) is 0 Å². The molecule has 3 nitrogen and oxygen atoms in total. The molecule has 1 amide bonds. The predicted molar refractivity (Wildman–Crippen MR) is 78.6 cm³/mol. The van der Waals surface area contributed by atoms with Crippen molar-refractivity contribution in [2.24, 2.45) is 0 Å². The Morgan fingerprint density at radius 2 is 2.17 bits per heavy atom. The SMILES string of the molecule is CSCCCCCNC(=O)c1cc(C)nc(Cl)c1. The van der Waals surface area contributed by atoms with E-state index >= 15 is 0 Å². The van der Waals surface area contributed by atoms with Gasteiger partial charge in [-0.25, -0.2) is 4.98 Å². The smallest absolute Gasteiger partial charge is 0.251 e. The van der Waals surface area contributed by atoms with Gasteiger partial charge in [-0.3, -0.25) is 4.79 Å².